The molecule has 0 radical (unpaired) electrons. The largest absolute Gasteiger partial charge is 0.292 e. The lowest BCUT2D eigenvalue weighted by atomic mass is 9.90. The number of hydrogen-bond donors (Lipinski definition) is 0. The van der Waals surface area contributed by atoms with Crippen LogP contribution in [0.1, 0.15) is 0 Å². The Kier molecular flexibility index (Phi) is 18.2. The summed E-state index contributed by atoms with van der Waals surface area (Å²) in [5.74, 6) is 1.60. The number of hydrogen-bond acceptors (Lipinski definition) is 5. The number of fused-ring (bicyclic) bond motifs is 10. The normalized spacial score (nSPS) is 11.5. The molecule has 4 aromatic heterocycles. The van der Waals surface area contributed by atoms with E-state index in [1.165, 1.54) is 43.1 Å². The van der Waals surface area contributed by atoms with Crippen molar-refractivity contribution in [2.45, 2.75) is 0 Å². The van der Waals surface area contributed by atoms with Crippen LogP contribution in [0.15, 0.2) is 449 Å². The fraction of sp³-hybridized carbons (Fsp3) is 0. The van der Waals surface area contributed by atoms with E-state index in [9.17, 15) is 0 Å². The van der Waals surface area contributed by atoms with Gasteiger partial charge in [-0.15, -0.1) is 0 Å². The van der Waals surface area contributed by atoms with Gasteiger partial charge in [0.05, 0.1) is 45.2 Å². The third-order valence-electron chi connectivity index (χ3n) is 23.6. The quantitative estimate of drug-likeness (QED) is 0.108. The second-order valence-corrected chi connectivity index (χ2v) is 31.0. The van der Waals surface area contributed by atoms with Gasteiger partial charge in [0.2, 0.25) is 0 Å². The molecule has 0 N–H and O–H groups in total. The van der Waals surface area contributed by atoms with Gasteiger partial charge in [0, 0.05) is 71.7 Å². The molecule has 23 rings (SSSR count). The first kappa shape index (κ1) is 71.4. The molecule has 0 fully saturated rings. The molecule has 0 saturated carbocycles. The van der Waals surface area contributed by atoms with Crippen molar-refractivity contribution >= 4 is 86.4 Å². The summed E-state index contributed by atoms with van der Waals surface area (Å²) >= 11 is 0. The van der Waals surface area contributed by atoms with Crippen molar-refractivity contribution in [3.8, 4) is 141 Å². The zero-order valence-corrected chi connectivity index (χ0v) is 65.9. The number of imidazole rings is 1. The molecule has 0 atom stereocenters. The molecule has 0 aliphatic heterocycles. The summed E-state index contributed by atoms with van der Waals surface area (Å²) in [4.78, 5) is 26.5. The lowest BCUT2D eigenvalue weighted by Gasteiger charge is -2.17. The minimum absolute atomic E-state index is 0.707. The van der Waals surface area contributed by atoms with Gasteiger partial charge >= 0.3 is 0 Å². The molecular formula is C115H74N6. The van der Waals surface area contributed by atoms with Crippen molar-refractivity contribution in [1.82, 2.24) is 29.5 Å². The Morgan fingerprint density at radius 3 is 0.909 bits per heavy atom. The maximum absolute atomic E-state index is 5.51. The van der Waals surface area contributed by atoms with E-state index in [0.717, 1.165) is 178 Å². The summed E-state index contributed by atoms with van der Waals surface area (Å²) < 4.78 is 2.32. The van der Waals surface area contributed by atoms with Crippen molar-refractivity contribution in [1.29, 1.82) is 0 Å². The van der Waals surface area contributed by atoms with E-state index < -0.39 is 0 Å². The molecule has 0 saturated heterocycles. The zero-order chi connectivity index (χ0) is 80.1. The number of rotatable bonds is 13. The predicted molar refractivity (Wildman–Crippen MR) is 506 cm³/mol. The average molecular weight is 1540 g/mol. The Morgan fingerprint density at radius 2 is 0.471 bits per heavy atom. The first-order valence-electron chi connectivity index (χ1n) is 41.2. The molecule has 0 bridgehead atoms. The second-order valence-electron chi connectivity index (χ2n) is 31.0. The van der Waals surface area contributed by atoms with Crippen LogP contribution >= 0.6 is 0 Å². The SMILES string of the molecule is c1ccc(-c2cc(-c3ccc(-c4cc5c(-c6ccc7ccccc7c6)cc(-c6ccc7ccccc7c6)nc5c5ccccc45)cc3)nc(-c3ccccc3)n2)cc1.c1ccc(-c2nc(-c3ccccc3)n(-c3ccc(-c4cc5c(-c6ccc7ccccc7c6)cc(-c6ccc7ccccc7c6)nc5c5ccccc45)cc3)c2-c2ccccc2)cc1. The zero-order valence-electron chi connectivity index (χ0n) is 65.9. The molecule has 19 aromatic carbocycles. The molecule has 4 heterocycles. The second kappa shape index (κ2) is 30.8. The van der Waals surface area contributed by atoms with Gasteiger partial charge in [-0.25, -0.2) is 24.9 Å². The van der Waals surface area contributed by atoms with Crippen LogP contribution in [0.4, 0.5) is 0 Å². The van der Waals surface area contributed by atoms with Gasteiger partial charge in [-0.2, -0.15) is 0 Å². The van der Waals surface area contributed by atoms with Gasteiger partial charge < -0.3 is 0 Å². The van der Waals surface area contributed by atoms with E-state index >= 15 is 0 Å². The third kappa shape index (κ3) is 13.6. The lowest BCUT2D eigenvalue weighted by molar-refractivity contribution is 1.07. The first-order valence-corrected chi connectivity index (χ1v) is 41.2. The van der Waals surface area contributed by atoms with Gasteiger partial charge in [-0.1, -0.05) is 382 Å². The van der Waals surface area contributed by atoms with Crippen LogP contribution in [0.25, 0.3) is 227 Å². The van der Waals surface area contributed by atoms with E-state index in [1.54, 1.807) is 0 Å². The average Bonchev–Trinajstić information content (AvgIpc) is 1.40. The van der Waals surface area contributed by atoms with E-state index in [0.29, 0.717) is 5.82 Å². The molecule has 0 amide bonds. The lowest BCUT2D eigenvalue weighted by Crippen LogP contribution is -2.00. The van der Waals surface area contributed by atoms with Crippen molar-refractivity contribution in [2.75, 3.05) is 0 Å². The highest BCUT2D eigenvalue weighted by Crippen LogP contribution is 2.46. The van der Waals surface area contributed by atoms with E-state index in [-0.39, 0.29) is 0 Å². The van der Waals surface area contributed by atoms with Crippen LogP contribution in [-0.2, 0) is 0 Å². The Balaban J connectivity index is 0.000000145. The van der Waals surface area contributed by atoms with Crippen LogP contribution in [0.2, 0.25) is 0 Å². The molecule has 23 aromatic rings. The van der Waals surface area contributed by atoms with Crippen LogP contribution in [0, 0.1) is 0 Å². The highest BCUT2D eigenvalue weighted by molar-refractivity contribution is 6.18. The molecule has 0 spiro atoms. The van der Waals surface area contributed by atoms with Gasteiger partial charge in [-0.05, 0) is 165 Å². The number of benzene rings is 19. The molecule has 6 heteroatoms. The smallest absolute Gasteiger partial charge is 0.160 e. The summed E-state index contributed by atoms with van der Waals surface area (Å²) in [6, 6.07) is 160. The topological polar surface area (TPSA) is 69.4 Å². The Labute approximate surface area is 700 Å². The van der Waals surface area contributed by atoms with Crippen LogP contribution in [0.3, 0.4) is 0 Å². The highest BCUT2D eigenvalue weighted by Gasteiger charge is 2.25. The van der Waals surface area contributed by atoms with Gasteiger partial charge in [0.15, 0.2) is 5.82 Å². The Hall–Kier alpha value is -16.2. The molecular weight excluding hydrogens is 1470 g/mol. The highest BCUT2D eigenvalue weighted by atomic mass is 15.1. The first-order chi connectivity index (χ1) is 59.9. The minimum atomic E-state index is 0.707. The Bertz CT molecular complexity index is 7850. The summed E-state index contributed by atoms with van der Waals surface area (Å²) in [6.07, 6.45) is 0. The standard InChI is InChI=1S/C60H39N3.C55H35N3/c1-4-18-43(19-5-1)57-59(44-20-6-2-7-21-44)63(60(62-57)45-22-8-3-9-23-45)50-34-32-42(33-35-50)53-38-55-54(48-30-28-40-16-10-12-24-46(40)36-48)39-56(61-58(55)52-27-15-14-26-51(52)53)49-31-29-41-17-11-13-25-47(41)37-49;1-3-15-39(16-4-1)52-35-53(58-55(57-52)41-17-5-2-6-18-41)40-27-25-38(26-28-40)48-33-50-49(44-29-23-36-13-7-9-19-42(36)31-44)34-51(56-54(50)47-22-12-11-21-46(47)48)45-30-24-37-14-8-10-20-43(37)32-45/h1-39H;1-35H. The van der Waals surface area contributed by atoms with Crippen molar-refractivity contribution in [3.05, 3.63) is 449 Å². The Morgan fingerprint density at radius 1 is 0.165 bits per heavy atom. The molecule has 6 nitrogen and oxygen atoms in total. The minimum Gasteiger partial charge on any atom is -0.292 e. The number of nitrogens with zero attached hydrogens (tertiary/aromatic N) is 6. The third-order valence-corrected chi connectivity index (χ3v) is 23.6. The monoisotopic (exact) mass is 1540 g/mol. The number of pyridine rings is 2. The van der Waals surface area contributed by atoms with Crippen LogP contribution < -0.4 is 0 Å². The van der Waals surface area contributed by atoms with E-state index in [2.05, 4.69) is 417 Å². The number of aromatic nitrogens is 6. The summed E-state index contributed by atoms with van der Waals surface area (Å²) in [5, 5.41) is 16.5. The summed E-state index contributed by atoms with van der Waals surface area (Å²) in [7, 11) is 0. The maximum Gasteiger partial charge on any atom is 0.160 e. The van der Waals surface area contributed by atoms with Crippen molar-refractivity contribution < 1.29 is 0 Å². The van der Waals surface area contributed by atoms with E-state index in [4.69, 9.17) is 24.9 Å². The van der Waals surface area contributed by atoms with Crippen LogP contribution in [-0.4, -0.2) is 29.5 Å². The molecule has 0 unspecified atom stereocenters. The summed E-state index contributed by atoms with van der Waals surface area (Å²) in [6.45, 7) is 0. The maximum atomic E-state index is 5.51. The fourth-order valence-electron chi connectivity index (χ4n) is 17.6. The predicted octanol–water partition coefficient (Wildman–Crippen LogP) is 30.4. The molecule has 121 heavy (non-hydrogen) atoms. The fourth-order valence-corrected chi connectivity index (χ4v) is 17.6. The molecule has 0 aliphatic rings. The van der Waals surface area contributed by atoms with Gasteiger partial charge in [-0.3, -0.25) is 4.57 Å². The van der Waals surface area contributed by atoms with Crippen molar-refractivity contribution in [2.24, 2.45) is 0 Å². The summed E-state index contributed by atoms with van der Waals surface area (Å²) in [5.41, 5.74) is 26.4. The molecule has 0 aliphatic carbocycles. The molecule has 564 valence electrons. The van der Waals surface area contributed by atoms with Crippen LogP contribution in [0.5, 0.6) is 0 Å². The van der Waals surface area contributed by atoms with E-state index in [1.807, 2.05) is 36.4 Å². The van der Waals surface area contributed by atoms with Crippen molar-refractivity contribution in [3.63, 3.8) is 0 Å². The van der Waals surface area contributed by atoms with Gasteiger partial charge in [0.25, 0.3) is 0 Å². The van der Waals surface area contributed by atoms with Gasteiger partial charge in [0.1, 0.15) is 5.82 Å².